The lowest BCUT2D eigenvalue weighted by atomic mass is 10.0. The van der Waals surface area contributed by atoms with E-state index < -0.39 is 5.97 Å². The molecule has 0 spiro atoms. The molecule has 2 fully saturated rings. The summed E-state index contributed by atoms with van der Waals surface area (Å²) in [6.45, 7) is 0. The summed E-state index contributed by atoms with van der Waals surface area (Å²) in [5, 5.41) is 21.5. The molecule has 0 saturated heterocycles. The van der Waals surface area contributed by atoms with Gasteiger partial charge in [0.2, 0.25) is 5.91 Å². The van der Waals surface area contributed by atoms with Gasteiger partial charge in [-0.2, -0.15) is 10.2 Å². The van der Waals surface area contributed by atoms with Gasteiger partial charge in [0.15, 0.2) is 0 Å². The molecular formula is C55H50N8O7. The van der Waals surface area contributed by atoms with Crippen LogP contribution in [0.5, 0.6) is 11.5 Å². The number of carboxylic acid groups (broad SMARTS) is 1. The number of rotatable bonds is 9. The third kappa shape index (κ3) is 9.19. The molecule has 4 unspecified atom stereocenters. The summed E-state index contributed by atoms with van der Waals surface area (Å²) >= 11 is 0. The number of nitrogens with two attached hydrogens (primary N) is 1. The summed E-state index contributed by atoms with van der Waals surface area (Å²) in [5.41, 5.74) is 22.4. The number of nitrogens with zero attached hydrogens (tertiary/aromatic N) is 2. The van der Waals surface area contributed by atoms with Crippen molar-refractivity contribution in [3.05, 3.63) is 167 Å². The number of amides is 3. The van der Waals surface area contributed by atoms with Gasteiger partial charge in [0.1, 0.15) is 11.5 Å². The van der Waals surface area contributed by atoms with Gasteiger partial charge < -0.3 is 35.6 Å². The zero-order valence-corrected chi connectivity index (χ0v) is 37.4. The Balaban J connectivity index is 0.000000144. The molecule has 3 amide bonds. The predicted octanol–water partition coefficient (Wildman–Crippen LogP) is 9.68. The fourth-order valence-corrected chi connectivity index (χ4v) is 9.19. The molecule has 0 radical (unpaired) electrons. The van der Waals surface area contributed by atoms with Crippen molar-refractivity contribution in [2.75, 3.05) is 25.3 Å². The Labute approximate surface area is 402 Å². The number of hydrogen-bond donors (Lipinski definition) is 7. The van der Waals surface area contributed by atoms with Crippen LogP contribution in [0.4, 0.5) is 11.4 Å². The number of carbonyl (C=O) groups is 4. The van der Waals surface area contributed by atoms with Crippen LogP contribution in [0, 0.1) is 11.8 Å². The first-order chi connectivity index (χ1) is 33.6. The molecule has 2 aliphatic heterocycles. The van der Waals surface area contributed by atoms with Crippen LogP contribution in [0.25, 0.3) is 44.3 Å². The number of ether oxygens (including phenoxy) is 2. The first-order valence-electron chi connectivity index (χ1n) is 22.3. The number of aromatic amines is 2. The Morgan fingerprint density at radius 2 is 1.11 bits per heavy atom. The van der Waals surface area contributed by atoms with Crippen LogP contribution in [-0.4, -0.2) is 65.4 Å². The number of nitrogens with one attached hydrogen (secondary N) is 5. The smallest absolute Gasteiger partial charge is 0.307 e. The quantitative estimate of drug-likeness (QED) is 0.0688. The largest absolute Gasteiger partial charge is 0.497 e. The number of hydrogen-bond acceptors (Lipinski definition) is 9. The Kier molecular flexibility index (Phi) is 12.7. The molecule has 8 N–H and O–H groups in total. The molecule has 4 atom stereocenters. The summed E-state index contributed by atoms with van der Waals surface area (Å²) in [4.78, 5) is 55.3. The first kappa shape index (κ1) is 46.1. The van der Waals surface area contributed by atoms with Crippen LogP contribution in [0.3, 0.4) is 0 Å². The Morgan fingerprint density at radius 3 is 1.61 bits per heavy atom. The van der Waals surface area contributed by atoms with Crippen LogP contribution in [0.15, 0.2) is 144 Å². The average molecular weight is 935 g/mol. The second-order valence-electron chi connectivity index (χ2n) is 17.2. The molecule has 2 aromatic heterocycles. The van der Waals surface area contributed by atoms with E-state index in [2.05, 4.69) is 36.3 Å². The number of carboxylic acids is 1. The maximum Gasteiger partial charge on any atom is 0.307 e. The molecule has 352 valence electrons. The van der Waals surface area contributed by atoms with Gasteiger partial charge in [0, 0.05) is 50.2 Å². The second kappa shape index (κ2) is 19.3. The normalized spacial score (nSPS) is 17.7. The summed E-state index contributed by atoms with van der Waals surface area (Å²) in [7, 11) is 3.25. The molecular weight excluding hydrogens is 885 g/mol. The van der Waals surface area contributed by atoms with Crippen molar-refractivity contribution in [3.8, 4) is 34.0 Å². The average Bonchev–Trinajstić information content (AvgIpc) is 4.30. The SMILES string of the molecule is C.COc1cccc(C2CC2C(=O)Nc2cc3c4c(c(-c5ccccc5)[nH]c4c2)C=NNC3=O)c1.COc1cccc(C2CC2C(=O)O)c1.Nc1cc2c3c(c(-c4ccccc4)[nH]c3c1)C=NNC2=O. The minimum absolute atomic E-state index is 0. The van der Waals surface area contributed by atoms with Crippen molar-refractivity contribution in [2.45, 2.75) is 32.1 Å². The monoisotopic (exact) mass is 934 g/mol. The van der Waals surface area contributed by atoms with E-state index >= 15 is 0 Å². The Bertz CT molecular complexity index is 3380. The van der Waals surface area contributed by atoms with E-state index in [1.807, 2.05) is 121 Å². The maximum absolute atomic E-state index is 13.0. The van der Waals surface area contributed by atoms with E-state index in [0.29, 0.717) is 22.5 Å². The highest BCUT2D eigenvalue weighted by Crippen LogP contribution is 2.49. The highest BCUT2D eigenvalue weighted by Gasteiger charge is 2.45. The van der Waals surface area contributed by atoms with Crippen molar-refractivity contribution in [1.82, 2.24) is 20.8 Å². The molecule has 0 bridgehead atoms. The molecule has 4 heterocycles. The molecule has 2 saturated carbocycles. The van der Waals surface area contributed by atoms with Gasteiger partial charge in [-0.1, -0.05) is 92.4 Å². The Hall–Kier alpha value is -8.98. The number of aromatic nitrogens is 2. The van der Waals surface area contributed by atoms with Gasteiger partial charge in [0.25, 0.3) is 11.8 Å². The third-order valence-electron chi connectivity index (χ3n) is 12.8. The number of carbonyl (C=O) groups excluding carboxylic acids is 3. The van der Waals surface area contributed by atoms with E-state index in [4.69, 9.17) is 20.3 Å². The number of anilines is 2. The fourth-order valence-electron chi connectivity index (χ4n) is 9.19. The number of H-pyrrole nitrogens is 2. The third-order valence-corrected chi connectivity index (χ3v) is 12.8. The van der Waals surface area contributed by atoms with Crippen LogP contribution in [0.2, 0.25) is 0 Å². The molecule has 6 aromatic carbocycles. The van der Waals surface area contributed by atoms with Crippen LogP contribution in [-0.2, 0) is 9.59 Å². The number of nitrogen functional groups attached to an aromatic ring is 1. The van der Waals surface area contributed by atoms with Gasteiger partial charge in [-0.15, -0.1) is 0 Å². The molecule has 12 rings (SSSR count). The summed E-state index contributed by atoms with van der Waals surface area (Å²) in [6.07, 6.45) is 4.87. The molecule has 4 aliphatic rings. The van der Waals surface area contributed by atoms with Crippen molar-refractivity contribution in [2.24, 2.45) is 22.0 Å². The van der Waals surface area contributed by atoms with E-state index in [1.54, 1.807) is 38.8 Å². The van der Waals surface area contributed by atoms with Gasteiger partial charge in [-0.25, -0.2) is 10.9 Å². The second-order valence-corrected chi connectivity index (χ2v) is 17.2. The molecule has 15 nitrogen and oxygen atoms in total. The van der Waals surface area contributed by atoms with E-state index in [9.17, 15) is 19.2 Å². The Morgan fingerprint density at radius 1 is 0.629 bits per heavy atom. The zero-order valence-electron chi connectivity index (χ0n) is 37.4. The van der Waals surface area contributed by atoms with Gasteiger partial charge in [-0.3, -0.25) is 19.2 Å². The number of benzene rings is 6. The van der Waals surface area contributed by atoms with Crippen molar-refractivity contribution < 1.29 is 33.8 Å². The number of aliphatic carboxylic acids is 1. The maximum atomic E-state index is 13.0. The lowest BCUT2D eigenvalue weighted by Gasteiger charge is -2.09. The lowest BCUT2D eigenvalue weighted by Crippen LogP contribution is -2.18. The zero-order chi connectivity index (χ0) is 47.8. The van der Waals surface area contributed by atoms with Crippen molar-refractivity contribution in [1.29, 1.82) is 0 Å². The fraction of sp³-hybridized carbons (Fsp3) is 0.164. The lowest BCUT2D eigenvalue weighted by molar-refractivity contribution is -0.138. The van der Waals surface area contributed by atoms with Crippen LogP contribution in [0.1, 0.15) is 75.1 Å². The van der Waals surface area contributed by atoms with Gasteiger partial charge in [0.05, 0.1) is 55.1 Å². The van der Waals surface area contributed by atoms with Crippen LogP contribution < -0.4 is 31.4 Å². The minimum Gasteiger partial charge on any atom is -0.497 e. The topological polar surface area (TPSA) is 225 Å². The van der Waals surface area contributed by atoms with Crippen LogP contribution >= 0.6 is 0 Å². The van der Waals surface area contributed by atoms with E-state index in [1.165, 1.54) is 0 Å². The summed E-state index contributed by atoms with van der Waals surface area (Å²) in [6, 6.07) is 42.4. The highest BCUT2D eigenvalue weighted by molar-refractivity contribution is 6.19. The highest BCUT2D eigenvalue weighted by atomic mass is 16.5. The number of methoxy groups -OCH3 is 2. The summed E-state index contributed by atoms with van der Waals surface area (Å²) in [5.74, 6) is 0.309. The molecule has 15 heteroatoms. The molecule has 8 aromatic rings. The minimum atomic E-state index is -0.696. The number of hydrazone groups is 2. The molecule has 70 heavy (non-hydrogen) atoms. The van der Waals surface area contributed by atoms with Crippen molar-refractivity contribution >= 4 is 69.3 Å². The van der Waals surface area contributed by atoms with E-state index in [0.717, 1.165) is 90.9 Å². The van der Waals surface area contributed by atoms with Gasteiger partial charge in [-0.05, 0) is 95.5 Å². The summed E-state index contributed by atoms with van der Waals surface area (Å²) < 4.78 is 10.4. The first-order valence-corrected chi connectivity index (χ1v) is 22.3. The van der Waals surface area contributed by atoms with Crippen molar-refractivity contribution in [3.63, 3.8) is 0 Å². The van der Waals surface area contributed by atoms with Gasteiger partial charge >= 0.3 is 5.97 Å². The standard InChI is InChI=1S/C27H22N4O3.C16H12N4O.C11H12O3.CH4/c1-34-18-9-5-8-16(10-18)19-13-20(19)26(32)29-17-11-21-24-22(14-28-31-27(21)33)25(30-23(24)12-17)15-6-3-2-4-7-15;17-10-6-11-14-12(8-18-20-16(11)21)15(19-13(14)7-10)9-4-2-1-3-5-9;1-14-8-4-2-3-7(5-8)9-6-10(9)11(12)13;/h2-12,14,19-20,30H,13H2,1H3,(H,29,32)(H,31,33);1-8,19H,17H2,(H,20,21);2-5,9-10H,6H2,1H3,(H,12,13);1H4. The predicted molar refractivity (Wildman–Crippen MR) is 273 cm³/mol. The molecule has 2 aliphatic carbocycles. The van der Waals surface area contributed by atoms with E-state index in [-0.39, 0.29) is 48.8 Å².